The van der Waals surface area contributed by atoms with Crippen LogP contribution in [0.15, 0.2) is 34.4 Å². The normalized spacial score (nSPS) is 16.7. The SMILES string of the molecule is COC(=O)[C@H](CNC(=O)CC1CC(c2ccc(/C(N)=N/C(=O)OC(C)(C)C)cc2)=NO1)NS(=O)(=O)NC(C)C. The summed E-state index contributed by atoms with van der Waals surface area (Å²) in [5.41, 5.74) is 7.06. The fourth-order valence-electron chi connectivity index (χ4n) is 3.33. The Labute approximate surface area is 227 Å². The van der Waals surface area contributed by atoms with Crippen LogP contribution in [-0.4, -0.2) is 75.4 Å². The Morgan fingerprint density at radius 3 is 2.38 bits per heavy atom. The first kappa shape index (κ1) is 31.7. The number of benzene rings is 1. The molecule has 216 valence electrons. The second kappa shape index (κ2) is 13.5. The maximum Gasteiger partial charge on any atom is 0.436 e. The molecule has 1 aliphatic rings. The zero-order valence-corrected chi connectivity index (χ0v) is 23.6. The third kappa shape index (κ3) is 11.0. The Bertz CT molecular complexity index is 1210. The molecule has 0 bridgehead atoms. The average molecular weight is 569 g/mol. The van der Waals surface area contributed by atoms with Gasteiger partial charge < -0.3 is 25.4 Å². The zero-order chi connectivity index (χ0) is 29.4. The average Bonchev–Trinajstić information content (AvgIpc) is 3.27. The van der Waals surface area contributed by atoms with Crippen LogP contribution in [0.5, 0.6) is 0 Å². The van der Waals surface area contributed by atoms with Gasteiger partial charge in [-0.3, -0.25) is 9.59 Å². The first-order chi connectivity index (χ1) is 18.1. The number of hydrogen-bond donors (Lipinski definition) is 4. The van der Waals surface area contributed by atoms with E-state index in [1.807, 2.05) is 0 Å². The minimum atomic E-state index is -4.00. The second-order valence-corrected chi connectivity index (χ2v) is 11.5. The van der Waals surface area contributed by atoms with Crippen LogP contribution in [0.25, 0.3) is 0 Å². The number of ether oxygens (including phenoxy) is 2. The third-order valence-corrected chi connectivity index (χ3v) is 6.32. The first-order valence-corrected chi connectivity index (χ1v) is 13.6. The van der Waals surface area contributed by atoms with Crippen LogP contribution in [0.2, 0.25) is 0 Å². The molecule has 5 N–H and O–H groups in total. The molecule has 0 fully saturated rings. The molecule has 1 unspecified atom stereocenters. The third-order valence-electron chi connectivity index (χ3n) is 4.94. The number of carbonyl (C=O) groups is 3. The van der Waals surface area contributed by atoms with E-state index in [0.29, 0.717) is 17.7 Å². The van der Waals surface area contributed by atoms with Gasteiger partial charge in [0.1, 0.15) is 23.6 Å². The number of carbonyl (C=O) groups excluding carboxylic acids is 3. The van der Waals surface area contributed by atoms with Crippen molar-refractivity contribution in [3.63, 3.8) is 0 Å². The Hall–Kier alpha value is -3.56. The molecule has 0 radical (unpaired) electrons. The summed E-state index contributed by atoms with van der Waals surface area (Å²) < 4.78 is 38.4. The summed E-state index contributed by atoms with van der Waals surface area (Å²) in [6.45, 7) is 8.10. The van der Waals surface area contributed by atoms with Gasteiger partial charge >= 0.3 is 12.1 Å². The van der Waals surface area contributed by atoms with Gasteiger partial charge in [0.25, 0.3) is 10.2 Å². The Morgan fingerprint density at radius 1 is 1.18 bits per heavy atom. The van der Waals surface area contributed by atoms with Crippen molar-refractivity contribution in [2.75, 3.05) is 13.7 Å². The Kier molecular flexibility index (Phi) is 10.9. The number of hydrogen-bond acceptors (Lipinski definition) is 9. The summed E-state index contributed by atoms with van der Waals surface area (Å²) in [6, 6.07) is 5.08. The summed E-state index contributed by atoms with van der Waals surface area (Å²) in [5, 5.41) is 6.56. The topological polar surface area (TPSA) is 200 Å². The van der Waals surface area contributed by atoms with E-state index in [4.69, 9.17) is 15.3 Å². The van der Waals surface area contributed by atoms with Crippen LogP contribution in [0.1, 0.15) is 58.6 Å². The van der Waals surface area contributed by atoms with Crippen molar-refractivity contribution in [3.8, 4) is 0 Å². The number of esters is 1. The number of nitrogens with one attached hydrogen (secondary N) is 3. The lowest BCUT2D eigenvalue weighted by molar-refractivity contribution is -0.142. The Morgan fingerprint density at radius 2 is 1.82 bits per heavy atom. The fraction of sp³-hybridized carbons (Fsp3) is 0.542. The predicted octanol–water partition coefficient (Wildman–Crippen LogP) is 0.700. The minimum Gasteiger partial charge on any atom is -0.468 e. The minimum absolute atomic E-state index is 0.00231. The lowest BCUT2D eigenvalue weighted by atomic mass is 10.0. The smallest absolute Gasteiger partial charge is 0.436 e. The number of nitrogens with zero attached hydrogens (tertiary/aromatic N) is 2. The van der Waals surface area contributed by atoms with Gasteiger partial charge in [-0.15, -0.1) is 0 Å². The molecular formula is C24H36N6O8S. The van der Waals surface area contributed by atoms with Gasteiger partial charge in [-0.05, 0) is 40.2 Å². The second-order valence-electron chi connectivity index (χ2n) is 10.0. The summed E-state index contributed by atoms with van der Waals surface area (Å²) in [5.74, 6) is -1.32. The van der Waals surface area contributed by atoms with E-state index in [9.17, 15) is 22.8 Å². The molecule has 0 aromatic heterocycles. The first-order valence-electron chi connectivity index (χ1n) is 12.1. The number of nitrogens with two attached hydrogens (primary N) is 1. The highest BCUT2D eigenvalue weighted by molar-refractivity contribution is 7.87. The molecule has 39 heavy (non-hydrogen) atoms. The highest BCUT2D eigenvalue weighted by Gasteiger charge is 2.28. The van der Waals surface area contributed by atoms with Crippen molar-refractivity contribution in [2.24, 2.45) is 15.9 Å². The molecule has 14 nitrogen and oxygen atoms in total. The molecule has 2 rings (SSSR count). The summed E-state index contributed by atoms with van der Waals surface area (Å²) in [6.07, 6.45) is -1.10. The van der Waals surface area contributed by atoms with Gasteiger partial charge in [-0.2, -0.15) is 22.9 Å². The van der Waals surface area contributed by atoms with Gasteiger partial charge in [0.15, 0.2) is 0 Å². The maximum absolute atomic E-state index is 12.4. The molecular weight excluding hydrogens is 532 g/mol. The van der Waals surface area contributed by atoms with Crippen molar-refractivity contribution in [3.05, 3.63) is 35.4 Å². The van der Waals surface area contributed by atoms with Crippen LogP contribution in [0.4, 0.5) is 4.79 Å². The molecule has 1 aliphatic heterocycles. The van der Waals surface area contributed by atoms with E-state index >= 15 is 0 Å². The van der Waals surface area contributed by atoms with Gasteiger partial charge in [0.05, 0.1) is 19.2 Å². The molecule has 1 heterocycles. The largest absolute Gasteiger partial charge is 0.468 e. The molecule has 1 aromatic rings. The lowest BCUT2D eigenvalue weighted by Gasteiger charge is -2.19. The van der Waals surface area contributed by atoms with Crippen LogP contribution in [0, 0.1) is 0 Å². The highest BCUT2D eigenvalue weighted by atomic mass is 32.2. The van der Waals surface area contributed by atoms with E-state index < -0.39 is 52.0 Å². The monoisotopic (exact) mass is 568 g/mol. The highest BCUT2D eigenvalue weighted by Crippen LogP contribution is 2.19. The van der Waals surface area contributed by atoms with Gasteiger partial charge in [-0.1, -0.05) is 29.4 Å². The van der Waals surface area contributed by atoms with Crippen molar-refractivity contribution >= 4 is 39.7 Å². The molecule has 1 aromatic carbocycles. The number of amidine groups is 1. The van der Waals surface area contributed by atoms with E-state index in [2.05, 4.69) is 29.6 Å². The Balaban J connectivity index is 1.90. The molecule has 0 saturated carbocycles. The van der Waals surface area contributed by atoms with E-state index in [1.165, 1.54) is 0 Å². The number of oxime groups is 1. The van der Waals surface area contributed by atoms with Crippen molar-refractivity contribution in [2.45, 2.75) is 71.2 Å². The van der Waals surface area contributed by atoms with Crippen molar-refractivity contribution in [1.82, 2.24) is 14.8 Å². The van der Waals surface area contributed by atoms with Crippen molar-refractivity contribution in [1.29, 1.82) is 0 Å². The predicted molar refractivity (Wildman–Crippen MR) is 143 cm³/mol. The standard InChI is InChI=1S/C24H36N6O8S/c1-14(2)29-39(34,35)30-19(22(32)36-6)13-26-20(31)12-17-11-18(28-38-17)15-7-9-16(10-8-15)21(25)27-23(33)37-24(3,4)5/h7-10,14,17,19,29-30H,11-13H2,1-6H3,(H,26,31)(H2,25,27,33)/t17?,19-/m0/s1. The van der Waals surface area contributed by atoms with Gasteiger partial charge in [0.2, 0.25) is 5.91 Å². The molecule has 0 spiro atoms. The van der Waals surface area contributed by atoms with Crippen LogP contribution in [0.3, 0.4) is 0 Å². The van der Waals surface area contributed by atoms with E-state index in [0.717, 1.165) is 12.7 Å². The van der Waals surface area contributed by atoms with Crippen LogP contribution in [-0.2, 0) is 34.1 Å². The maximum atomic E-state index is 12.4. The fourth-order valence-corrected chi connectivity index (χ4v) is 4.57. The number of amides is 2. The van der Waals surface area contributed by atoms with Gasteiger partial charge in [-0.25, -0.2) is 4.79 Å². The zero-order valence-electron chi connectivity index (χ0n) is 22.8. The number of aliphatic imine (C=N–C) groups is 1. The molecule has 0 saturated heterocycles. The molecule has 0 aliphatic carbocycles. The summed E-state index contributed by atoms with van der Waals surface area (Å²) >= 11 is 0. The van der Waals surface area contributed by atoms with Crippen LogP contribution < -0.4 is 20.5 Å². The lowest BCUT2D eigenvalue weighted by Crippen LogP contribution is -2.53. The summed E-state index contributed by atoms with van der Waals surface area (Å²) in [4.78, 5) is 45.4. The molecule has 2 amide bonds. The van der Waals surface area contributed by atoms with Gasteiger partial charge in [0, 0.05) is 24.6 Å². The molecule has 15 heteroatoms. The van der Waals surface area contributed by atoms with Crippen LogP contribution >= 0.6 is 0 Å². The summed E-state index contributed by atoms with van der Waals surface area (Å²) in [7, 11) is -2.89. The quantitative estimate of drug-likeness (QED) is 0.168. The van der Waals surface area contributed by atoms with E-state index in [1.54, 1.807) is 58.9 Å². The number of methoxy groups -OCH3 is 1. The molecule has 2 atom stereocenters. The van der Waals surface area contributed by atoms with Crippen molar-refractivity contribution < 1.29 is 37.1 Å². The van der Waals surface area contributed by atoms with E-state index in [-0.39, 0.29) is 18.8 Å². The number of rotatable bonds is 11.